The highest BCUT2D eigenvalue weighted by molar-refractivity contribution is 5.05. The fraction of sp³-hybridized carbons (Fsp3) is 0.571. The molecule has 1 fully saturated rings. The Morgan fingerprint density at radius 1 is 1.80 bits per heavy atom. The normalized spacial score (nSPS) is 23.5. The van der Waals surface area contributed by atoms with Crippen LogP contribution >= 0.6 is 0 Å². The Morgan fingerprint density at radius 3 is 2.90 bits per heavy atom. The van der Waals surface area contributed by atoms with Gasteiger partial charge in [-0.25, -0.2) is 0 Å². The molecule has 1 heterocycles. The van der Waals surface area contributed by atoms with Gasteiger partial charge in [-0.05, 0) is 5.57 Å². The third kappa shape index (κ3) is 2.02. The zero-order valence-electron chi connectivity index (χ0n) is 5.81. The third-order valence-electron chi connectivity index (χ3n) is 1.77. The van der Waals surface area contributed by atoms with Gasteiger partial charge in [-0.1, -0.05) is 6.58 Å². The molecule has 3 heteroatoms. The summed E-state index contributed by atoms with van der Waals surface area (Å²) in [4.78, 5) is 0. The van der Waals surface area contributed by atoms with E-state index < -0.39 is 0 Å². The number of nitrogens with two attached hydrogens (primary N) is 1. The summed E-state index contributed by atoms with van der Waals surface area (Å²) in [5.41, 5.74) is 1.23. The van der Waals surface area contributed by atoms with Crippen LogP contribution in [0.4, 0.5) is 0 Å². The highest BCUT2D eigenvalue weighted by Gasteiger charge is 2.21. The molecule has 2 N–H and O–H groups in total. The van der Waals surface area contributed by atoms with Crippen molar-refractivity contribution >= 4 is 0 Å². The van der Waals surface area contributed by atoms with Crippen molar-refractivity contribution in [3.63, 3.8) is 0 Å². The zero-order chi connectivity index (χ0) is 6.69. The minimum Gasteiger partial charge on any atom is -1.00 e. The summed E-state index contributed by atoms with van der Waals surface area (Å²) < 4.78 is 0. The molecule has 0 aliphatic carbocycles. The summed E-state index contributed by atoms with van der Waals surface area (Å²) in [7, 11) is 0. The van der Waals surface area contributed by atoms with Crippen LogP contribution in [0.3, 0.4) is 0 Å². The van der Waals surface area contributed by atoms with Crippen LogP contribution in [0, 0.1) is 17.2 Å². The lowest BCUT2D eigenvalue weighted by Gasteiger charge is -1.97. The van der Waals surface area contributed by atoms with Crippen LogP contribution in [0.2, 0.25) is 0 Å². The molecule has 1 aliphatic heterocycles. The number of nitrogens with zero attached hydrogens (tertiary/aromatic N) is 1. The van der Waals surface area contributed by atoms with Gasteiger partial charge in [-0.3, -0.25) is 0 Å². The molecule has 2 nitrogen and oxygen atoms in total. The summed E-state index contributed by atoms with van der Waals surface area (Å²) >= 11 is 0. The van der Waals surface area contributed by atoms with Crippen molar-refractivity contribution in [3.8, 4) is 6.07 Å². The highest BCUT2D eigenvalue weighted by Crippen LogP contribution is 2.11. The molecule has 0 aromatic rings. The van der Waals surface area contributed by atoms with Gasteiger partial charge < -0.3 is 17.7 Å². The van der Waals surface area contributed by atoms with Gasteiger partial charge in [0, 0.05) is 12.3 Å². The van der Waals surface area contributed by atoms with E-state index in [1.54, 1.807) is 0 Å². The van der Waals surface area contributed by atoms with Gasteiger partial charge in [-0.15, -0.1) is 0 Å². The van der Waals surface area contributed by atoms with Crippen LogP contribution in [0.15, 0.2) is 12.2 Å². The smallest absolute Gasteiger partial charge is 0.0974 e. The van der Waals surface area contributed by atoms with Crippen molar-refractivity contribution in [2.24, 2.45) is 5.92 Å². The topological polar surface area (TPSA) is 40.4 Å². The van der Waals surface area contributed by atoms with Gasteiger partial charge in [0.2, 0.25) is 0 Å². The van der Waals surface area contributed by atoms with E-state index in [1.807, 2.05) is 0 Å². The second kappa shape index (κ2) is 4.32. The maximum Gasteiger partial charge on any atom is 0.0974 e. The van der Waals surface area contributed by atoms with E-state index in [9.17, 15) is 0 Å². The van der Waals surface area contributed by atoms with Crippen molar-refractivity contribution in [2.45, 2.75) is 6.42 Å². The molecular weight excluding hydrogens is 148 g/mol. The number of quaternary nitrogens is 1. The van der Waals surface area contributed by atoms with E-state index in [1.165, 1.54) is 5.57 Å². The van der Waals surface area contributed by atoms with Gasteiger partial charge in [0.15, 0.2) is 0 Å². The van der Waals surface area contributed by atoms with E-state index >= 15 is 0 Å². The van der Waals surface area contributed by atoms with E-state index in [2.05, 4.69) is 18.0 Å². The molecule has 0 aromatic heterocycles. The molecule has 0 spiro atoms. The maximum absolute atomic E-state index is 8.34. The fourth-order valence-electron chi connectivity index (χ4n) is 1.14. The predicted molar refractivity (Wildman–Crippen MR) is 34.5 cm³/mol. The van der Waals surface area contributed by atoms with Crippen LogP contribution in [-0.4, -0.2) is 13.1 Å². The van der Waals surface area contributed by atoms with Crippen molar-refractivity contribution in [1.82, 2.24) is 0 Å². The summed E-state index contributed by atoms with van der Waals surface area (Å²) in [5, 5.41) is 10.5. The van der Waals surface area contributed by atoms with Gasteiger partial charge in [0.25, 0.3) is 0 Å². The summed E-state index contributed by atoms with van der Waals surface area (Å²) in [5.74, 6) is 0.468. The van der Waals surface area contributed by atoms with Gasteiger partial charge in [-0.2, -0.15) is 5.26 Å². The van der Waals surface area contributed by atoms with Crippen molar-refractivity contribution in [1.29, 1.82) is 5.26 Å². The van der Waals surface area contributed by atoms with E-state index in [0.29, 0.717) is 12.3 Å². The minimum atomic E-state index is 0. The number of halogens is 1. The second-order valence-corrected chi connectivity index (χ2v) is 2.45. The molecule has 0 bridgehead atoms. The predicted octanol–water partition coefficient (Wildman–Crippen LogP) is -3.35. The SMILES string of the molecule is C=C1C[NH2+]C[C@H]1CC#N.[Cl-]. The molecule has 0 aromatic carbocycles. The van der Waals surface area contributed by atoms with Gasteiger partial charge in [0.05, 0.1) is 19.2 Å². The largest absolute Gasteiger partial charge is 1.00 e. The number of nitriles is 1. The quantitative estimate of drug-likeness (QED) is 0.399. The number of hydrogen-bond acceptors (Lipinski definition) is 1. The first kappa shape index (κ1) is 9.48. The number of hydrogen-bond donors (Lipinski definition) is 1. The van der Waals surface area contributed by atoms with Gasteiger partial charge >= 0.3 is 0 Å². The molecule has 0 saturated carbocycles. The van der Waals surface area contributed by atoms with Crippen LogP contribution in [0.5, 0.6) is 0 Å². The van der Waals surface area contributed by atoms with Crippen LogP contribution in [0.1, 0.15) is 6.42 Å². The lowest BCUT2D eigenvalue weighted by atomic mass is 10.0. The van der Waals surface area contributed by atoms with Crippen molar-refractivity contribution < 1.29 is 17.7 Å². The Balaban J connectivity index is 0.000000810. The van der Waals surface area contributed by atoms with Crippen LogP contribution in [-0.2, 0) is 0 Å². The average Bonchev–Trinajstić information content (AvgIpc) is 2.18. The van der Waals surface area contributed by atoms with Crippen molar-refractivity contribution in [3.05, 3.63) is 12.2 Å². The first-order valence-electron chi connectivity index (χ1n) is 3.21. The van der Waals surface area contributed by atoms with Crippen LogP contribution in [0.25, 0.3) is 0 Å². The van der Waals surface area contributed by atoms with Crippen LogP contribution < -0.4 is 17.7 Å². The monoisotopic (exact) mass is 158 g/mol. The Labute approximate surface area is 67.3 Å². The van der Waals surface area contributed by atoms with E-state index in [0.717, 1.165) is 13.1 Å². The third-order valence-corrected chi connectivity index (χ3v) is 1.77. The molecule has 1 saturated heterocycles. The van der Waals surface area contributed by atoms with E-state index in [-0.39, 0.29) is 12.4 Å². The molecule has 1 rings (SSSR count). The highest BCUT2D eigenvalue weighted by atomic mass is 35.5. The zero-order valence-corrected chi connectivity index (χ0v) is 6.56. The van der Waals surface area contributed by atoms with Crippen molar-refractivity contribution in [2.75, 3.05) is 13.1 Å². The molecule has 56 valence electrons. The standard InChI is InChI=1S/C7H10N2.ClH/c1-6-4-9-5-7(6)2-3-8;/h7,9H,1-2,4-5H2;1H/t7-;/m1./s1. The lowest BCUT2D eigenvalue weighted by Crippen LogP contribution is -3.00. The van der Waals surface area contributed by atoms with E-state index in [4.69, 9.17) is 5.26 Å². The Morgan fingerprint density at radius 2 is 2.50 bits per heavy atom. The summed E-state index contributed by atoms with van der Waals surface area (Å²) in [6, 6.07) is 2.16. The molecule has 10 heavy (non-hydrogen) atoms. The molecule has 0 amide bonds. The molecule has 0 unspecified atom stereocenters. The summed E-state index contributed by atoms with van der Waals surface area (Å²) in [6.45, 7) is 5.95. The first-order chi connectivity index (χ1) is 4.34. The fourth-order valence-corrected chi connectivity index (χ4v) is 1.14. The summed E-state index contributed by atoms with van der Waals surface area (Å²) in [6.07, 6.45) is 0.648. The minimum absolute atomic E-state index is 0. The Kier molecular flexibility index (Phi) is 4.10. The Bertz CT molecular complexity index is 159. The second-order valence-electron chi connectivity index (χ2n) is 2.45. The Hall–Kier alpha value is -0.520. The van der Waals surface area contributed by atoms with Gasteiger partial charge in [0.1, 0.15) is 0 Å². The molecular formula is C7H11ClN2. The number of rotatable bonds is 1. The molecule has 1 aliphatic rings. The lowest BCUT2D eigenvalue weighted by molar-refractivity contribution is -0.635. The first-order valence-corrected chi connectivity index (χ1v) is 3.21. The molecule has 1 atom stereocenters. The average molecular weight is 159 g/mol. The maximum atomic E-state index is 8.34. The molecule has 0 radical (unpaired) electrons.